The van der Waals surface area contributed by atoms with Crippen molar-refractivity contribution in [3.63, 3.8) is 0 Å². The number of nitrogens with zero attached hydrogens (tertiary/aromatic N) is 3. The number of nitrogens with one attached hydrogen (secondary N) is 2. The summed E-state index contributed by atoms with van der Waals surface area (Å²) in [5.74, 6) is 0.405. The first-order valence-corrected chi connectivity index (χ1v) is 5.46. The van der Waals surface area contributed by atoms with Crippen LogP contribution in [0.25, 0.3) is 0 Å². The number of hydrogen-bond donors (Lipinski definition) is 2. The van der Waals surface area contributed by atoms with Gasteiger partial charge in [-0.05, 0) is 16.8 Å². The summed E-state index contributed by atoms with van der Waals surface area (Å²) < 4.78 is 1.02. The van der Waals surface area contributed by atoms with Crippen LogP contribution < -0.4 is 10.9 Å². The molecule has 2 N–H and O–H groups in total. The zero-order valence-electron chi connectivity index (χ0n) is 8.80. The van der Waals surface area contributed by atoms with E-state index in [0.717, 1.165) is 4.64 Å². The molecule has 0 saturated heterocycles. The third-order valence-electron chi connectivity index (χ3n) is 1.99. The van der Waals surface area contributed by atoms with Crippen LogP contribution in [-0.4, -0.2) is 15.4 Å². The van der Waals surface area contributed by atoms with Crippen molar-refractivity contribution in [3.05, 3.63) is 45.6 Å². The second kappa shape index (κ2) is 5.21. The minimum atomic E-state index is -0.475. The van der Waals surface area contributed by atoms with Gasteiger partial charge in [0.25, 0.3) is 5.69 Å². The maximum Gasteiger partial charge on any atom is 0.269 e. The number of halogens is 2. The molecule has 18 heavy (non-hydrogen) atoms. The summed E-state index contributed by atoms with van der Waals surface area (Å²) in [6.45, 7) is 0. The van der Waals surface area contributed by atoms with Gasteiger partial charge in [0.05, 0.1) is 10.6 Å². The molecular weight excluding hydrogens is 281 g/mol. The van der Waals surface area contributed by atoms with Crippen LogP contribution in [-0.2, 0) is 0 Å². The number of hydrogen-bond acceptors (Lipinski definition) is 5. The van der Waals surface area contributed by atoms with Gasteiger partial charge in [-0.1, -0.05) is 11.6 Å². The van der Waals surface area contributed by atoms with Gasteiger partial charge in [-0.25, -0.2) is 4.99 Å². The van der Waals surface area contributed by atoms with E-state index < -0.39 is 4.92 Å². The van der Waals surface area contributed by atoms with E-state index in [0.29, 0.717) is 16.7 Å². The molecule has 0 spiro atoms. The predicted molar refractivity (Wildman–Crippen MR) is 68.1 cm³/mol. The molecule has 0 bridgehead atoms. The normalized spacial score (nSPS) is 17.9. The Kier molecular flexibility index (Phi) is 3.66. The molecule has 0 saturated carbocycles. The van der Waals surface area contributed by atoms with E-state index in [1.807, 2.05) is 0 Å². The molecule has 0 amide bonds. The number of nitro groups is 1. The molecule has 1 aliphatic rings. The first kappa shape index (κ1) is 12.6. The van der Waals surface area contributed by atoms with E-state index in [-0.39, 0.29) is 5.69 Å². The van der Waals surface area contributed by atoms with Crippen LogP contribution in [0.5, 0.6) is 0 Å². The molecule has 0 radical (unpaired) electrons. The number of rotatable bonds is 2. The molecule has 1 aromatic rings. The second-order valence-electron chi connectivity index (χ2n) is 3.27. The van der Waals surface area contributed by atoms with Gasteiger partial charge in [0, 0.05) is 30.0 Å². The quantitative estimate of drug-likeness (QED) is 0.377. The van der Waals surface area contributed by atoms with Crippen LogP contribution in [0, 0.1) is 10.1 Å². The molecule has 0 fully saturated rings. The first-order chi connectivity index (χ1) is 8.54. The Morgan fingerprint density at radius 2 is 1.94 bits per heavy atom. The number of non-ortho nitro benzene ring substituents is 1. The van der Waals surface area contributed by atoms with E-state index in [9.17, 15) is 10.1 Å². The van der Waals surface area contributed by atoms with Crippen LogP contribution in [0.3, 0.4) is 0 Å². The summed E-state index contributed by atoms with van der Waals surface area (Å²) >= 11 is 11.4. The van der Waals surface area contributed by atoms with E-state index in [1.54, 1.807) is 0 Å². The van der Waals surface area contributed by atoms with Crippen molar-refractivity contribution in [1.29, 1.82) is 0 Å². The number of amidine groups is 1. The van der Waals surface area contributed by atoms with Gasteiger partial charge < -0.3 is 0 Å². The molecule has 2 rings (SSSR count). The zero-order chi connectivity index (χ0) is 13.1. The van der Waals surface area contributed by atoms with Crippen molar-refractivity contribution in [3.8, 4) is 0 Å². The first-order valence-electron chi connectivity index (χ1n) is 4.74. The lowest BCUT2D eigenvalue weighted by atomic mass is 10.3. The van der Waals surface area contributed by atoms with E-state index in [4.69, 9.17) is 23.4 Å². The highest BCUT2D eigenvalue weighted by Crippen LogP contribution is 2.18. The van der Waals surface area contributed by atoms with Gasteiger partial charge in [-0.15, -0.1) is 0 Å². The van der Waals surface area contributed by atoms with Gasteiger partial charge in [0.2, 0.25) is 0 Å². The third kappa shape index (κ3) is 3.10. The fraction of sp³-hybridized carbons (Fsp3) is 0. The molecule has 0 atom stereocenters. The second-order valence-corrected chi connectivity index (χ2v) is 4.01. The summed E-state index contributed by atoms with van der Waals surface area (Å²) in [6.07, 6.45) is 1.53. The number of benzene rings is 1. The monoisotopic (exact) mass is 287 g/mol. The molecule has 1 aliphatic heterocycles. The minimum Gasteiger partial charge on any atom is -0.276 e. The van der Waals surface area contributed by atoms with Crippen LogP contribution in [0.15, 0.2) is 40.5 Å². The van der Waals surface area contributed by atoms with E-state index in [2.05, 4.69) is 15.8 Å². The summed E-state index contributed by atoms with van der Waals surface area (Å²) in [7, 11) is 0. The molecule has 9 heteroatoms. The van der Waals surface area contributed by atoms with Crippen molar-refractivity contribution < 1.29 is 4.92 Å². The van der Waals surface area contributed by atoms with Crippen molar-refractivity contribution in [2.24, 2.45) is 4.99 Å². The molecule has 94 valence electrons. The van der Waals surface area contributed by atoms with Gasteiger partial charge >= 0.3 is 0 Å². The SMILES string of the molecule is O=[N+]([O-])c1ccc(N=C2C=C(Cl)NN(Cl)N2)cc1. The van der Waals surface area contributed by atoms with Gasteiger partial charge in [-0.3, -0.25) is 21.0 Å². The Balaban J connectivity index is 2.22. The fourth-order valence-corrected chi connectivity index (χ4v) is 1.66. The largest absolute Gasteiger partial charge is 0.276 e. The average molecular weight is 288 g/mol. The fourth-order valence-electron chi connectivity index (χ4n) is 1.25. The van der Waals surface area contributed by atoms with E-state index >= 15 is 0 Å². The minimum absolute atomic E-state index is 0.00441. The van der Waals surface area contributed by atoms with Crippen LogP contribution >= 0.6 is 23.4 Å². The topological polar surface area (TPSA) is 82.8 Å². The Hall–Kier alpha value is -1.83. The van der Waals surface area contributed by atoms with Crippen molar-refractivity contribution >= 4 is 40.6 Å². The van der Waals surface area contributed by atoms with Gasteiger partial charge in [0.1, 0.15) is 11.0 Å². The molecule has 1 heterocycles. The van der Waals surface area contributed by atoms with Crippen LogP contribution in [0.2, 0.25) is 0 Å². The highest BCUT2D eigenvalue weighted by Gasteiger charge is 2.11. The highest BCUT2D eigenvalue weighted by molar-refractivity contribution is 6.31. The lowest BCUT2D eigenvalue weighted by Gasteiger charge is -2.21. The Morgan fingerprint density at radius 1 is 1.28 bits per heavy atom. The number of nitro benzene ring substituents is 1. The summed E-state index contributed by atoms with van der Waals surface area (Å²) in [5, 5.41) is 10.8. The Bertz CT molecular complexity index is 528. The highest BCUT2D eigenvalue weighted by atomic mass is 35.5. The van der Waals surface area contributed by atoms with Crippen molar-refractivity contribution in [1.82, 2.24) is 15.5 Å². The summed E-state index contributed by atoms with van der Waals surface area (Å²) in [6, 6.07) is 5.78. The number of hydrazine groups is 2. The zero-order valence-corrected chi connectivity index (χ0v) is 10.3. The maximum atomic E-state index is 10.5. The lowest BCUT2D eigenvalue weighted by molar-refractivity contribution is -0.384. The lowest BCUT2D eigenvalue weighted by Crippen LogP contribution is -2.46. The molecule has 1 aromatic carbocycles. The molecule has 0 aliphatic carbocycles. The summed E-state index contributed by atoms with van der Waals surface area (Å²) in [4.78, 5) is 14.2. The molecule has 7 nitrogen and oxygen atoms in total. The standard InChI is InChI=1S/C9H7Cl2N5O2/c10-8-5-9(14-16(11)13-8)12-6-1-3-7(4-2-6)15(17)18/h1-5,13H,(H,12,14). The Labute approximate surface area is 112 Å². The van der Waals surface area contributed by atoms with Gasteiger partial charge in [-0.2, -0.15) is 0 Å². The van der Waals surface area contributed by atoms with E-state index in [1.165, 1.54) is 30.3 Å². The predicted octanol–water partition coefficient (Wildman–Crippen LogP) is 2.18. The number of aliphatic imine (C=N–C) groups is 1. The molecular formula is C9H7Cl2N5O2. The Morgan fingerprint density at radius 3 is 2.50 bits per heavy atom. The van der Waals surface area contributed by atoms with Gasteiger partial charge in [0.15, 0.2) is 0 Å². The average Bonchev–Trinajstić information content (AvgIpc) is 2.28. The third-order valence-corrected chi connectivity index (χ3v) is 2.35. The maximum absolute atomic E-state index is 10.5. The van der Waals surface area contributed by atoms with Crippen LogP contribution in [0.4, 0.5) is 11.4 Å². The van der Waals surface area contributed by atoms with Crippen LogP contribution in [0.1, 0.15) is 0 Å². The molecule has 0 unspecified atom stereocenters. The smallest absolute Gasteiger partial charge is 0.269 e. The summed E-state index contributed by atoms with van der Waals surface area (Å²) in [5.41, 5.74) is 5.78. The van der Waals surface area contributed by atoms with Crippen molar-refractivity contribution in [2.45, 2.75) is 0 Å². The molecule has 0 aromatic heterocycles. The van der Waals surface area contributed by atoms with Crippen molar-refractivity contribution in [2.75, 3.05) is 0 Å².